The van der Waals surface area contributed by atoms with Crippen molar-refractivity contribution >= 4 is 62.3 Å². The number of aromatic nitrogens is 4. The Morgan fingerprint density at radius 1 is 0.745 bits per heavy atom. The number of ether oxygens (including phenoxy) is 1. The van der Waals surface area contributed by atoms with E-state index in [1.807, 2.05) is 52.0 Å². The number of aliphatic hydroxyl groups is 1. The fourth-order valence-electron chi connectivity index (χ4n) is 6.61. The molecule has 11 heteroatoms. The molecule has 3 aromatic rings. The highest BCUT2D eigenvalue weighted by Crippen LogP contribution is 2.38. The van der Waals surface area contributed by atoms with Crippen molar-refractivity contribution in [1.29, 1.82) is 0 Å². The summed E-state index contributed by atoms with van der Waals surface area (Å²) in [4.78, 5) is 52.1. The first-order valence-corrected chi connectivity index (χ1v) is 15.6. The zero-order chi connectivity index (χ0) is 34.3. The molecule has 0 spiro atoms. The largest absolute Gasteiger partial charge is 0.481 e. The van der Waals surface area contributed by atoms with Crippen molar-refractivity contribution in [2.24, 2.45) is 0 Å². The number of nitrogens with zero attached hydrogens (tertiary/aromatic N) is 2. The van der Waals surface area contributed by atoms with Crippen LogP contribution < -0.4 is 0 Å². The Kier molecular flexibility index (Phi) is 9.22. The average Bonchev–Trinajstić information content (AvgIpc) is 3.63. The zero-order valence-electron chi connectivity index (χ0n) is 27.7. The lowest BCUT2D eigenvalue weighted by atomic mass is 9.98. The molecular formula is C36H40N4O7. The number of carboxylic acid groups (broad SMARTS) is 2. The van der Waals surface area contributed by atoms with Crippen LogP contribution in [0.5, 0.6) is 0 Å². The fourth-order valence-corrected chi connectivity index (χ4v) is 6.61. The third kappa shape index (κ3) is 6.62. The van der Waals surface area contributed by atoms with E-state index in [2.05, 4.69) is 9.97 Å². The maximum Gasteiger partial charge on any atom is 0.303 e. The van der Waals surface area contributed by atoms with Gasteiger partial charge in [-0.2, -0.15) is 0 Å². The summed E-state index contributed by atoms with van der Waals surface area (Å²) in [7, 11) is 0. The van der Waals surface area contributed by atoms with E-state index in [0.717, 1.165) is 44.4 Å². The monoisotopic (exact) mass is 640 g/mol. The van der Waals surface area contributed by atoms with Gasteiger partial charge in [0.05, 0.1) is 28.9 Å². The molecule has 5 rings (SSSR count). The first kappa shape index (κ1) is 33.3. The molecule has 5 heterocycles. The van der Waals surface area contributed by atoms with E-state index >= 15 is 0 Å². The molecule has 47 heavy (non-hydrogen) atoms. The molecular weight excluding hydrogens is 600 g/mol. The van der Waals surface area contributed by atoms with Crippen LogP contribution in [0, 0.1) is 13.8 Å². The molecule has 2 aliphatic heterocycles. The van der Waals surface area contributed by atoms with Gasteiger partial charge in [-0.25, -0.2) is 9.97 Å². The van der Waals surface area contributed by atoms with E-state index < -0.39 is 30.1 Å². The van der Waals surface area contributed by atoms with Gasteiger partial charge in [-0.3, -0.25) is 14.4 Å². The van der Waals surface area contributed by atoms with E-state index in [9.17, 15) is 29.7 Å². The Hall–Kier alpha value is -5.03. The summed E-state index contributed by atoms with van der Waals surface area (Å²) in [5.74, 6) is -2.28. The lowest BCUT2D eigenvalue weighted by molar-refractivity contribution is -0.143. The number of aliphatic hydroxyl groups excluding tert-OH is 1. The van der Waals surface area contributed by atoms with E-state index in [0.29, 0.717) is 44.9 Å². The zero-order valence-corrected chi connectivity index (χ0v) is 27.7. The maximum atomic E-state index is 12.0. The SMILES string of the molecule is CC(=O)OC(C)C1=C(C)c2cc3[nH]c(cc4[nH]c(cc5nc(cc1n2)C(C)=C5CCC(=O)O)c(CCC(=O)O)c4C)c(C)c3C(C)O. The van der Waals surface area contributed by atoms with Gasteiger partial charge in [-0.05, 0) is 112 Å². The van der Waals surface area contributed by atoms with Crippen molar-refractivity contribution in [2.75, 3.05) is 0 Å². The number of hydrogen-bond donors (Lipinski definition) is 5. The maximum absolute atomic E-state index is 12.0. The number of fused-ring (bicyclic) bond motifs is 8. The average molecular weight is 641 g/mol. The van der Waals surface area contributed by atoms with Gasteiger partial charge in [0.2, 0.25) is 0 Å². The summed E-state index contributed by atoms with van der Waals surface area (Å²) in [6.45, 7) is 12.5. The van der Waals surface area contributed by atoms with Gasteiger partial charge in [0.1, 0.15) is 6.10 Å². The van der Waals surface area contributed by atoms with Gasteiger partial charge in [0, 0.05) is 53.0 Å². The second kappa shape index (κ2) is 13.0. The second-order valence-electron chi connectivity index (χ2n) is 12.2. The second-order valence-corrected chi connectivity index (χ2v) is 12.2. The molecule has 11 nitrogen and oxygen atoms in total. The lowest BCUT2D eigenvalue weighted by Gasteiger charge is -2.14. The van der Waals surface area contributed by atoms with E-state index in [4.69, 9.17) is 14.7 Å². The predicted molar refractivity (Wildman–Crippen MR) is 180 cm³/mol. The highest BCUT2D eigenvalue weighted by Gasteiger charge is 2.26. The quantitative estimate of drug-likeness (QED) is 0.160. The molecule has 5 N–H and O–H groups in total. The van der Waals surface area contributed by atoms with Crippen molar-refractivity contribution in [3.63, 3.8) is 0 Å². The summed E-state index contributed by atoms with van der Waals surface area (Å²) in [6, 6.07) is 7.51. The number of aliphatic carboxylic acids is 2. The molecule has 0 saturated carbocycles. The van der Waals surface area contributed by atoms with E-state index in [-0.39, 0.29) is 25.7 Å². The minimum Gasteiger partial charge on any atom is -0.481 e. The number of esters is 1. The van der Waals surface area contributed by atoms with Crippen molar-refractivity contribution in [3.8, 4) is 0 Å². The number of hydrogen-bond acceptors (Lipinski definition) is 7. The molecule has 8 bridgehead atoms. The molecule has 0 aromatic carbocycles. The number of aryl methyl sites for hydroxylation is 3. The smallest absolute Gasteiger partial charge is 0.303 e. The highest BCUT2D eigenvalue weighted by molar-refractivity contribution is 5.97. The molecule has 2 atom stereocenters. The third-order valence-electron chi connectivity index (χ3n) is 8.98. The van der Waals surface area contributed by atoms with Crippen LogP contribution in [0.4, 0.5) is 0 Å². The van der Waals surface area contributed by atoms with Crippen molar-refractivity contribution in [2.45, 2.75) is 86.4 Å². The van der Waals surface area contributed by atoms with Gasteiger partial charge in [0.15, 0.2) is 0 Å². The van der Waals surface area contributed by atoms with Crippen molar-refractivity contribution in [1.82, 2.24) is 19.9 Å². The number of aromatic amines is 2. The standard InChI is InChI=1S/C36H40N4O7/c1-16-23(8-10-33(43)44)29-15-30-24(9-11-34(45)46)17(2)26(38-30)13-32-36(21(6)47-22(7)42)19(4)28(40-32)14-31-35(20(5)41)18(3)27(39-31)12-25(16)37-29/h12-15,20-21,37,39,41H,8-11H2,1-7H3,(H,43,44)(H,45,46). The Balaban J connectivity index is 1.95. The highest BCUT2D eigenvalue weighted by atomic mass is 16.5. The summed E-state index contributed by atoms with van der Waals surface area (Å²) in [6.07, 6.45) is -1.06. The lowest BCUT2D eigenvalue weighted by Crippen LogP contribution is -2.14. The molecule has 246 valence electrons. The number of allylic oxidation sites excluding steroid dienone is 3. The molecule has 0 saturated heterocycles. The first-order chi connectivity index (χ1) is 22.2. The van der Waals surface area contributed by atoms with Crippen LogP contribution in [0.1, 0.15) is 105 Å². The predicted octanol–water partition coefficient (Wildman–Crippen LogP) is 6.68. The first-order valence-electron chi connectivity index (χ1n) is 15.6. The molecule has 3 aromatic heterocycles. The van der Waals surface area contributed by atoms with Crippen LogP contribution in [-0.2, 0) is 25.5 Å². The minimum atomic E-state index is -0.932. The van der Waals surface area contributed by atoms with Crippen LogP contribution in [0.25, 0.3) is 44.4 Å². The van der Waals surface area contributed by atoms with Gasteiger partial charge < -0.3 is 30.0 Å². The fraction of sp³-hybridized carbons (Fsp3) is 0.361. The number of carboxylic acids is 2. The molecule has 0 aliphatic carbocycles. The molecule has 0 amide bonds. The molecule has 0 fully saturated rings. The summed E-state index contributed by atoms with van der Waals surface area (Å²) < 4.78 is 5.61. The van der Waals surface area contributed by atoms with Gasteiger partial charge >= 0.3 is 17.9 Å². The molecule has 2 unspecified atom stereocenters. The number of carbonyl (C=O) groups is 3. The van der Waals surface area contributed by atoms with Crippen LogP contribution in [-0.4, -0.2) is 59.3 Å². The van der Waals surface area contributed by atoms with E-state index in [1.165, 1.54) is 6.92 Å². The number of H-pyrrole nitrogens is 2. The topological polar surface area (TPSA) is 178 Å². The van der Waals surface area contributed by atoms with Crippen LogP contribution >= 0.6 is 0 Å². The Bertz CT molecular complexity index is 2040. The van der Waals surface area contributed by atoms with Crippen molar-refractivity contribution < 1.29 is 34.4 Å². The third-order valence-corrected chi connectivity index (χ3v) is 8.98. The summed E-state index contributed by atoms with van der Waals surface area (Å²) >= 11 is 0. The molecule has 0 radical (unpaired) electrons. The van der Waals surface area contributed by atoms with Crippen LogP contribution in [0.15, 0.2) is 24.3 Å². The Morgan fingerprint density at radius 2 is 1.32 bits per heavy atom. The number of rotatable bonds is 9. The van der Waals surface area contributed by atoms with Gasteiger partial charge in [-0.1, -0.05) is 0 Å². The van der Waals surface area contributed by atoms with Crippen LogP contribution in [0.2, 0.25) is 0 Å². The molecule has 2 aliphatic rings. The van der Waals surface area contributed by atoms with Crippen LogP contribution in [0.3, 0.4) is 0 Å². The van der Waals surface area contributed by atoms with Crippen molar-refractivity contribution in [3.05, 3.63) is 69.3 Å². The number of nitrogens with one attached hydrogen (secondary N) is 2. The summed E-state index contributed by atoms with van der Waals surface area (Å²) in [5, 5.41) is 29.9. The van der Waals surface area contributed by atoms with E-state index in [1.54, 1.807) is 13.8 Å². The number of carbonyl (C=O) groups excluding carboxylic acids is 1. The summed E-state index contributed by atoms with van der Waals surface area (Å²) in [5.41, 5.74) is 11.6. The normalized spacial score (nSPS) is 14.4. The minimum absolute atomic E-state index is 0.0719. The Morgan fingerprint density at radius 3 is 1.96 bits per heavy atom. The van der Waals surface area contributed by atoms with Gasteiger partial charge in [0.25, 0.3) is 0 Å². The van der Waals surface area contributed by atoms with Gasteiger partial charge in [-0.15, -0.1) is 0 Å². The Labute approximate surface area is 272 Å².